The zero-order chi connectivity index (χ0) is 17.0. The van der Waals surface area contributed by atoms with Crippen LogP contribution in [0, 0.1) is 0 Å². The number of rotatable bonds is 7. The summed E-state index contributed by atoms with van der Waals surface area (Å²) in [5, 5.41) is 28.8. The van der Waals surface area contributed by atoms with E-state index in [1.807, 2.05) is 0 Å². The molecule has 1 aromatic heterocycles. The first-order chi connectivity index (χ1) is 11.0. The number of aliphatic hydroxyl groups excluding tert-OH is 3. The number of nitrogens with zero attached hydrogens (tertiary/aromatic N) is 2. The fourth-order valence-corrected chi connectivity index (χ4v) is 2.25. The minimum Gasteiger partial charge on any atom is -0.394 e. The van der Waals surface area contributed by atoms with Crippen molar-refractivity contribution in [2.24, 2.45) is 0 Å². The lowest BCUT2D eigenvalue weighted by atomic mass is 10.1. The Morgan fingerprint density at radius 3 is 2.61 bits per heavy atom. The molecule has 1 aromatic rings. The van der Waals surface area contributed by atoms with Gasteiger partial charge in [-0.05, 0) is 0 Å². The molecule has 3 N–H and O–H groups in total. The smallest absolute Gasteiger partial charge is 0.335 e. The maximum absolute atomic E-state index is 12.4. The van der Waals surface area contributed by atoms with E-state index in [0.717, 1.165) is 21.4 Å². The highest BCUT2D eigenvalue weighted by Crippen LogP contribution is 2.27. The highest BCUT2D eigenvalue weighted by atomic mass is 16.6. The molecule has 1 saturated heterocycles. The molecule has 1 fully saturated rings. The predicted octanol–water partition coefficient (Wildman–Crippen LogP) is -2.76. The Labute approximate surface area is 131 Å². The van der Waals surface area contributed by atoms with Gasteiger partial charge in [0, 0.05) is 19.4 Å². The zero-order valence-corrected chi connectivity index (χ0v) is 12.6. The third-order valence-corrected chi connectivity index (χ3v) is 3.54. The predicted molar refractivity (Wildman–Crippen MR) is 75.8 cm³/mol. The highest BCUT2D eigenvalue weighted by Gasteiger charge is 2.43. The molecular formula is C13H20N2O8. The standard InChI is InChI=1S/C13H20N2O8/c1-21-4-5-22-7-15-9(17)2-3-14(13(15)20)12-11(19)10(18)8(6-16)23-12/h2-3,8,10-12,16,18-19H,4-7H2,1H3/t8-,10-,11-,12-/m1/s1. The average molecular weight is 332 g/mol. The van der Waals surface area contributed by atoms with E-state index in [0.29, 0.717) is 6.61 Å². The monoisotopic (exact) mass is 332 g/mol. The van der Waals surface area contributed by atoms with Crippen LogP contribution in [0.1, 0.15) is 6.23 Å². The second-order valence-corrected chi connectivity index (χ2v) is 5.03. The molecule has 0 saturated carbocycles. The van der Waals surface area contributed by atoms with E-state index in [2.05, 4.69) is 0 Å². The second kappa shape index (κ2) is 7.81. The maximum Gasteiger partial charge on any atom is 0.335 e. The lowest BCUT2D eigenvalue weighted by Crippen LogP contribution is -2.43. The van der Waals surface area contributed by atoms with Gasteiger partial charge in [-0.3, -0.25) is 9.36 Å². The van der Waals surface area contributed by atoms with E-state index < -0.39 is 42.4 Å². The molecule has 23 heavy (non-hydrogen) atoms. The Morgan fingerprint density at radius 2 is 2.00 bits per heavy atom. The van der Waals surface area contributed by atoms with Crippen LogP contribution in [-0.4, -0.2) is 69.7 Å². The summed E-state index contributed by atoms with van der Waals surface area (Å²) in [7, 11) is 1.49. The van der Waals surface area contributed by atoms with Crippen LogP contribution >= 0.6 is 0 Å². The summed E-state index contributed by atoms with van der Waals surface area (Å²) in [6, 6.07) is 1.12. The van der Waals surface area contributed by atoms with Gasteiger partial charge in [-0.25, -0.2) is 9.36 Å². The Bertz CT molecular complexity index is 627. The second-order valence-electron chi connectivity index (χ2n) is 5.03. The van der Waals surface area contributed by atoms with Crippen LogP contribution < -0.4 is 11.2 Å². The van der Waals surface area contributed by atoms with E-state index >= 15 is 0 Å². The van der Waals surface area contributed by atoms with Gasteiger partial charge in [0.2, 0.25) is 0 Å². The lowest BCUT2D eigenvalue weighted by Gasteiger charge is -2.18. The summed E-state index contributed by atoms with van der Waals surface area (Å²) >= 11 is 0. The molecule has 0 amide bonds. The van der Waals surface area contributed by atoms with Crippen LogP contribution in [0.3, 0.4) is 0 Å². The van der Waals surface area contributed by atoms with Gasteiger partial charge in [0.15, 0.2) is 6.23 Å². The van der Waals surface area contributed by atoms with Crippen molar-refractivity contribution in [1.82, 2.24) is 9.13 Å². The fraction of sp³-hybridized carbons (Fsp3) is 0.692. The quantitative estimate of drug-likeness (QED) is 0.458. The number of methoxy groups -OCH3 is 1. The minimum absolute atomic E-state index is 0.200. The van der Waals surface area contributed by atoms with Gasteiger partial charge in [-0.15, -0.1) is 0 Å². The van der Waals surface area contributed by atoms with Crippen LogP contribution in [0.5, 0.6) is 0 Å². The highest BCUT2D eigenvalue weighted by molar-refractivity contribution is 4.94. The van der Waals surface area contributed by atoms with Crippen molar-refractivity contribution in [2.75, 3.05) is 26.9 Å². The normalized spacial score (nSPS) is 27.5. The zero-order valence-electron chi connectivity index (χ0n) is 12.6. The number of aliphatic hydroxyl groups is 3. The van der Waals surface area contributed by atoms with E-state index in [-0.39, 0.29) is 13.3 Å². The summed E-state index contributed by atoms with van der Waals surface area (Å²) in [6.07, 6.45) is -3.81. The molecule has 0 spiro atoms. The number of ether oxygens (including phenoxy) is 3. The SMILES string of the molecule is COCCOCn1c(=O)ccn([C@@H]2O[C@H](CO)[C@@H](O)[C@H]2O)c1=O. The molecule has 1 aliphatic rings. The van der Waals surface area contributed by atoms with E-state index in [9.17, 15) is 19.8 Å². The Kier molecular flexibility index (Phi) is 6.04. The molecule has 10 nitrogen and oxygen atoms in total. The Hall–Kier alpha value is -1.56. The van der Waals surface area contributed by atoms with Gasteiger partial charge in [0.25, 0.3) is 5.56 Å². The molecule has 0 aliphatic carbocycles. The molecule has 2 heterocycles. The first kappa shape index (κ1) is 17.8. The Balaban J connectivity index is 2.24. The van der Waals surface area contributed by atoms with E-state index in [1.54, 1.807) is 0 Å². The molecule has 130 valence electrons. The fourth-order valence-electron chi connectivity index (χ4n) is 2.25. The summed E-state index contributed by atoms with van der Waals surface area (Å²) in [5.74, 6) is 0. The maximum atomic E-state index is 12.4. The molecule has 0 bridgehead atoms. The molecule has 0 aromatic carbocycles. The molecule has 10 heteroatoms. The summed E-state index contributed by atoms with van der Waals surface area (Å²) in [4.78, 5) is 24.2. The third kappa shape index (κ3) is 3.68. The molecular weight excluding hydrogens is 312 g/mol. The van der Waals surface area contributed by atoms with Gasteiger partial charge < -0.3 is 29.5 Å². The van der Waals surface area contributed by atoms with Gasteiger partial charge >= 0.3 is 5.69 Å². The van der Waals surface area contributed by atoms with Crippen molar-refractivity contribution in [3.05, 3.63) is 33.1 Å². The third-order valence-electron chi connectivity index (χ3n) is 3.54. The average Bonchev–Trinajstić information content (AvgIpc) is 2.82. The van der Waals surface area contributed by atoms with Crippen LogP contribution in [0.4, 0.5) is 0 Å². The van der Waals surface area contributed by atoms with Crippen LogP contribution in [0.2, 0.25) is 0 Å². The van der Waals surface area contributed by atoms with Crippen molar-refractivity contribution in [3.63, 3.8) is 0 Å². The largest absolute Gasteiger partial charge is 0.394 e. The molecule has 0 radical (unpaired) electrons. The first-order valence-corrected chi connectivity index (χ1v) is 7.02. The number of hydrogen-bond donors (Lipinski definition) is 3. The summed E-state index contributed by atoms with van der Waals surface area (Å²) < 4.78 is 17.0. The van der Waals surface area contributed by atoms with Gasteiger partial charge in [0.05, 0.1) is 19.8 Å². The molecule has 1 aliphatic heterocycles. The van der Waals surface area contributed by atoms with Crippen LogP contribution in [-0.2, 0) is 20.9 Å². The Morgan fingerprint density at radius 1 is 1.26 bits per heavy atom. The summed E-state index contributed by atoms with van der Waals surface area (Å²) in [6.45, 7) is -0.282. The minimum atomic E-state index is -1.41. The first-order valence-electron chi connectivity index (χ1n) is 7.02. The van der Waals surface area contributed by atoms with Crippen molar-refractivity contribution >= 4 is 0 Å². The van der Waals surface area contributed by atoms with Crippen molar-refractivity contribution in [1.29, 1.82) is 0 Å². The molecule has 4 atom stereocenters. The van der Waals surface area contributed by atoms with Gasteiger partial charge in [0.1, 0.15) is 25.0 Å². The van der Waals surface area contributed by atoms with Crippen LogP contribution in [0.25, 0.3) is 0 Å². The van der Waals surface area contributed by atoms with Gasteiger partial charge in [-0.1, -0.05) is 0 Å². The van der Waals surface area contributed by atoms with Crippen molar-refractivity contribution in [2.45, 2.75) is 31.3 Å². The van der Waals surface area contributed by atoms with Crippen LogP contribution in [0.15, 0.2) is 21.9 Å². The number of hydrogen-bond acceptors (Lipinski definition) is 8. The van der Waals surface area contributed by atoms with Crippen molar-refractivity contribution in [3.8, 4) is 0 Å². The lowest BCUT2D eigenvalue weighted by molar-refractivity contribution is -0.0567. The molecule has 2 rings (SSSR count). The molecule has 0 unspecified atom stereocenters. The van der Waals surface area contributed by atoms with E-state index in [4.69, 9.17) is 19.3 Å². The van der Waals surface area contributed by atoms with E-state index in [1.165, 1.54) is 7.11 Å². The topological polar surface area (TPSA) is 132 Å². The van der Waals surface area contributed by atoms with Crippen molar-refractivity contribution < 1.29 is 29.5 Å². The van der Waals surface area contributed by atoms with Gasteiger partial charge in [-0.2, -0.15) is 0 Å². The number of aromatic nitrogens is 2. The summed E-state index contributed by atoms with van der Waals surface area (Å²) in [5.41, 5.74) is -1.33.